The Balaban J connectivity index is 1.14. The zero-order chi connectivity index (χ0) is 38.1. The molecule has 9 aromatic carbocycles. The second kappa shape index (κ2) is 13.0. The lowest BCUT2D eigenvalue weighted by Crippen LogP contribution is -2.16. The maximum absolute atomic E-state index is 7.00. The maximum Gasteiger partial charge on any atom is 0.135 e. The van der Waals surface area contributed by atoms with Crippen LogP contribution < -0.4 is 9.64 Å². The number of fused-ring (bicyclic) bond motifs is 9. The minimum atomic E-state index is -0.129. The summed E-state index contributed by atoms with van der Waals surface area (Å²) in [4.78, 5) is 2.41. The molecule has 0 saturated heterocycles. The fourth-order valence-corrected chi connectivity index (χ4v) is 9.22. The molecular weight excluding hydrogens is 691 g/mol. The van der Waals surface area contributed by atoms with E-state index < -0.39 is 0 Å². The largest absolute Gasteiger partial charge is 0.456 e. The highest BCUT2D eigenvalue weighted by Crippen LogP contribution is 2.54. The lowest BCUT2D eigenvalue weighted by atomic mass is 9.82. The number of nitrogens with zero attached hydrogens (tertiary/aromatic N) is 1. The van der Waals surface area contributed by atoms with E-state index in [1.807, 2.05) is 0 Å². The molecule has 9 aromatic rings. The fourth-order valence-electron chi connectivity index (χ4n) is 9.22. The number of ether oxygens (including phenoxy) is 1. The Bertz CT molecular complexity index is 3020. The standard InChI is InChI=1S/C55H39NO/c1-55(2)50-22-12-11-20-46(50)47-30-27-43(35-51(47)55)56(41-26-24-37-16-9-10-19-39(37)32-41)42-28-31-52-48(34-42)45-29-25-40(36-14-5-3-6-15-36)33-49(45)54-44(21-13-23-53(54)57-52)38-17-7-4-8-18-38/h3-35H,1-2H3. The number of rotatable bonds is 5. The highest BCUT2D eigenvalue weighted by Gasteiger charge is 2.36. The van der Waals surface area contributed by atoms with E-state index in [-0.39, 0.29) is 5.41 Å². The van der Waals surface area contributed by atoms with Crippen molar-refractivity contribution < 1.29 is 4.74 Å². The van der Waals surface area contributed by atoms with Crippen molar-refractivity contribution in [3.8, 4) is 67.1 Å². The number of anilines is 3. The van der Waals surface area contributed by atoms with Gasteiger partial charge in [-0.05, 0) is 121 Å². The normalized spacial score (nSPS) is 13.0. The van der Waals surface area contributed by atoms with Gasteiger partial charge in [0.25, 0.3) is 0 Å². The summed E-state index contributed by atoms with van der Waals surface area (Å²) < 4.78 is 7.00. The molecule has 0 radical (unpaired) electrons. The molecule has 0 aromatic heterocycles. The SMILES string of the molecule is CC1(C)c2ccccc2-c2ccc(N(c3ccc4c(c3)-c3ccc(-c5ccccc5)cc3-c3c(cccc3-c3ccccc3)O4)c3ccc4ccccc4c3)cc21. The van der Waals surface area contributed by atoms with Crippen molar-refractivity contribution in [3.63, 3.8) is 0 Å². The molecule has 270 valence electrons. The van der Waals surface area contributed by atoms with Crippen LogP contribution in [-0.4, -0.2) is 0 Å². The Morgan fingerprint density at radius 2 is 0.982 bits per heavy atom. The molecule has 0 N–H and O–H groups in total. The lowest BCUT2D eigenvalue weighted by Gasteiger charge is -2.29. The quantitative estimate of drug-likeness (QED) is 0.175. The molecule has 0 amide bonds. The predicted octanol–water partition coefficient (Wildman–Crippen LogP) is 15.4. The van der Waals surface area contributed by atoms with Gasteiger partial charge in [-0.3, -0.25) is 0 Å². The summed E-state index contributed by atoms with van der Waals surface area (Å²) in [5.41, 5.74) is 17.6. The molecule has 0 bridgehead atoms. The Labute approximate surface area is 333 Å². The minimum Gasteiger partial charge on any atom is -0.456 e. The molecular formula is C55H39NO. The van der Waals surface area contributed by atoms with Crippen molar-refractivity contribution in [2.75, 3.05) is 4.90 Å². The summed E-state index contributed by atoms with van der Waals surface area (Å²) in [6.45, 7) is 4.70. The summed E-state index contributed by atoms with van der Waals surface area (Å²) >= 11 is 0. The van der Waals surface area contributed by atoms with Gasteiger partial charge in [-0.15, -0.1) is 0 Å². The van der Waals surface area contributed by atoms with Crippen LogP contribution in [0.15, 0.2) is 200 Å². The average molecular weight is 730 g/mol. The molecule has 0 fully saturated rings. The second-order valence-electron chi connectivity index (χ2n) is 15.7. The van der Waals surface area contributed by atoms with Gasteiger partial charge in [0.15, 0.2) is 0 Å². The molecule has 2 aliphatic rings. The summed E-state index contributed by atoms with van der Waals surface area (Å²) in [5, 5.41) is 2.42. The molecule has 11 rings (SSSR count). The number of hydrogen-bond donors (Lipinski definition) is 0. The molecule has 2 nitrogen and oxygen atoms in total. The lowest BCUT2D eigenvalue weighted by molar-refractivity contribution is 0.488. The molecule has 0 unspecified atom stereocenters. The monoisotopic (exact) mass is 729 g/mol. The molecule has 1 aliphatic carbocycles. The third kappa shape index (κ3) is 5.40. The minimum absolute atomic E-state index is 0.129. The molecule has 0 spiro atoms. The van der Waals surface area contributed by atoms with E-state index in [0.29, 0.717) is 0 Å². The summed E-state index contributed by atoms with van der Waals surface area (Å²) in [5.74, 6) is 1.68. The summed E-state index contributed by atoms with van der Waals surface area (Å²) in [6.07, 6.45) is 0. The number of hydrogen-bond acceptors (Lipinski definition) is 2. The van der Waals surface area contributed by atoms with Crippen molar-refractivity contribution in [2.45, 2.75) is 19.3 Å². The molecule has 57 heavy (non-hydrogen) atoms. The third-order valence-corrected chi connectivity index (χ3v) is 12.1. The zero-order valence-corrected chi connectivity index (χ0v) is 31.9. The van der Waals surface area contributed by atoms with Gasteiger partial charge >= 0.3 is 0 Å². The Hall–Kier alpha value is -7.16. The van der Waals surface area contributed by atoms with Gasteiger partial charge in [-0.2, -0.15) is 0 Å². The van der Waals surface area contributed by atoms with Crippen LogP contribution in [-0.2, 0) is 5.41 Å². The van der Waals surface area contributed by atoms with Crippen LogP contribution in [0.5, 0.6) is 11.5 Å². The first kappa shape index (κ1) is 33.2. The van der Waals surface area contributed by atoms with Crippen LogP contribution in [0.4, 0.5) is 17.1 Å². The van der Waals surface area contributed by atoms with E-state index >= 15 is 0 Å². The summed E-state index contributed by atoms with van der Waals surface area (Å²) in [7, 11) is 0. The van der Waals surface area contributed by atoms with Crippen LogP contribution in [0.2, 0.25) is 0 Å². The second-order valence-corrected chi connectivity index (χ2v) is 15.7. The van der Waals surface area contributed by atoms with Crippen molar-refractivity contribution in [1.82, 2.24) is 0 Å². The zero-order valence-electron chi connectivity index (χ0n) is 31.9. The van der Waals surface area contributed by atoms with Crippen LogP contribution in [0, 0.1) is 0 Å². The van der Waals surface area contributed by atoms with Gasteiger partial charge in [0.2, 0.25) is 0 Å². The predicted molar refractivity (Wildman–Crippen MR) is 238 cm³/mol. The highest BCUT2D eigenvalue weighted by atomic mass is 16.5. The smallest absolute Gasteiger partial charge is 0.135 e. The summed E-state index contributed by atoms with van der Waals surface area (Å²) in [6, 6.07) is 72.6. The van der Waals surface area contributed by atoms with Crippen LogP contribution >= 0.6 is 0 Å². The van der Waals surface area contributed by atoms with Gasteiger partial charge in [-0.1, -0.05) is 159 Å². The van der Waals surface area contributed by atoms with Crippen molar-refractivity contribution >= 4 is 27.8 Å². The van der Waals surface area contributed by atoms with Gasteiger partial charge in [0.1, 0.15) is 11.5 Å². The molecule has 0 saturated carbocycles. The first-order valence-electron chi connectivity index (χ1n) is 19.8. The molecule has 1 aliphatic heterocycles. The van der Waals surface area contributed by atoms with Crippen molar-refractivity contribution in [1.29, 1.82) is 0 Å². The van der Waals surface area contributed by atoms with Crippen LogP contribution in [0.3, 0.4) is 0 Å². The molecule has 0 atom stereocenters. The van der Waals surface area contributed by atoms with Crippen LogP contribution in [0.25, 0.3) is 66.4 Å². The highest BCUT2D eigenvalue weighted by molar-refractivity contribution is 6.00. The Morgan fingerprint density at radius 1 is 0.351 bits per heavy atom. The van der Waals surface area contributed by atoms with Crippen molar-refractivity contribution in [3.05, 3.63) is 211 Å². The first-order valence-corrected chi connectivity index (χ1v) is 19.8. The Kier molecular flexibility index (Phi) is 7.55. The number of benzene rings is 9. The van der Waals surface area contributed by atoms with E-state index in [1.165, 1.54) is 44.2 Å². The van der Waals surface area contributed by atoms with Gasteiger partial charge in [0.05, 0.1) is 0 Å². The first-order chi connectivity index (χ1) is 28.0. The van der Waals surface area contributed by atoms with Gasteiger partial charge in [0, 0.05) is 33.6 Å². The van der Waals surface area contributed by atoms with E-state index in [2.05, 4.69) is 219 Å². The topological polar surface area (TPSA) is 12.5 Å². The van der Waals surface area contributed by atoms with Crippen LogP contribution in [0.1, 0.15) is 25.0 Å². The molecule has 2 heteroatoms. The molecule has 1 heterocycles. The van der Waals surface area contributed by atoms with Gasteiger partial charge in [-0.25, -0.2) is 0 Å². The van der Waals surface area contributed by atoms with E-state index in [4.69, 9.17) is 4.74 Å². The fraction of sp³-hybridized carbons (Fsp3) is 0.0545. The van der Waals surface area contributed by atoms with E-state index in [1.54, 1.807) is 0 Å². The maximum atomic E-state index is 7.00. The van der Waals surface area contributed by atoms with E-state index in [0.717, 1.165) is 61.9 Å². The van der Waals surface area contributed by atoms with Gasteiger partial charge < -0.3 is 9.64 Å². The third-order valence-electron chi connectivity index (χ3n) is 12.1. The van der Waals surface area contributed by atoms with E-state index in [9.17, 15) is 0 Å². The van der Waals surface area contributed by atoms with Crippen molar-refractivity contribution in [2.24, 2.45) is 0 Å². The Morgan fingerprint density at radius 3 is 1.82 bits per heavy atom. The average Bonchev–Trinajstić information content (AvgIpc) is 3.39.